The molecule has 1 aromatic heterocycles. The van der Waals surface area contributed by atoms with Crippen LogP contribution in [-0.4, -0.2) is 18.4 Å². The van der Waals surface area contributed by atoms with Crippen molar-refractivity contribution in [1.29, 1.82) is 0 Å². The Kier molecular flexibility index (Phi) is 6.36. The number of sulfone groups is 1. The monoisotopic (exact) mass is 446 g/mol. The third-order valence-electron chi connectivity index (χ3n) is 4.32. The number of aryl methyl sites for hydroxylation is 1. The number of rotatable bonds is 5. The summed E-state index contributed by atoms with van der Waals surface area (Å²) in [5, 5.41) is 1.22. The van der Waals surface area contributed by atoms with Crippen molar-refractivity contribution in [3.8, 4) is 0 Å². The van der Waals surface area contributed by atoms with Crippen molar-refractivity contribution in [2.75, 3.05) is 0 Å². The van der Waals surface area contributed by atoms with E-state index in [4.69, 9.17) is 11.6 Å². The molecule has 0 saturated carbocycles. The Morgan fingerprint density at radius 2 is 1.59 bits per heavy atom. The standard InChI is InChI=1S/C22H23ClN2O2S2/c1-15-24-18(14-29(26,27)20-11-7-17(23)8-12-20)13-21(25-15)28-19-9-5-16(6-10-19)22(2,3)4/h5-13H,14H2,1-4H3. The molecule has 7 heteroatoms. The summed E-state index contributed by atoms with van der Waals surface area (Å²) >= 11 is 7.35. The second kappa shape index (κ2) is 8.46. The molecule has 29 heavy (non-hydrogen) atoms. The molecule has 4 nitrogen and oxygen atoms in total. The van der Waals surface area contributed by atoms with Crippen LogP contribution in [0.15, 0.2) is 69.4 Å². The first-order valence-electron chi connectivity index (χ1n) is 9.14. The molecular weight excluding hydrogens is 424 g/mol. The van der Waals surface area contributed by atoms with Gasteiger partial charge in [-0.3, -0.25) is 0 Å². The van der Waals surface area contributed by atoms with E-state index in [1.807, 2.05) is 0 Å². The maximum atomic E-state index is 12.7. The van der Waals surface area contributed by atoms with Crippen molar-refractivity contribution in [1.82, 2.24) is 9.97 Å². The van der Waals surface area contributed by atoms with Crippen LogP contribution < -0.4 is 0 Å². The van der Waals surface area contributed by atoms with Crippen LogP contribution >= 0.6 is 23.4 Å². The summed E-state index contributed by atoms with van der Waals surface area (Å²) in [7, 11) is -3.52. The Balaban J connectivity index is 1.82. The van der Waals surface area contributed by atoms with E-state index in [0.717, 1.165) is 9.92 Å². The lowest BCUT2D eigenvalue weighted by molar-refractivity contribution is 0.589. The SMILES string of the molecule is Cc1nc(CS(=O)(=O)c2ccc(Cl)cc2)cc(Sc2ccc(C(C)(C)C)cc2)n1. The second-order valence-electron chi connectivity index (χ2n) is 7.83. The topological polar surface area (TPSA) is 59.9 Å². The summed E-state index contributed by atoms with van der Waals surface area (Å²) in [5.41, 5.74) is 1.83. The smallest absolute Gasteiger partial charge is 0.184 e. The third-order valence-corrected chi connectivity index (χ3v) is 7.17. The fourth-order valence-electron chi connectivity index (χ4n) is 2.79. The zero-order chi connectivity index (χ0) is 21.2. The summed E-state index contributed by atoms with van der Waals surface area (Å²) in [4.78, 5) is 10.0. The number of aromatic nitrogens is 2. The molecule has 0 aliphatic carbocycles. The molecule has 152 valence electrons. The number of halogens is 1. The van der Waals surface area contributed by atoms with Crippen molar-refractivity contribution in [2.24, 2.45) is 0 Å². The van der Waals surface area contributed by atoms with E-state index >= 15 is 0 Å². The molecule has 1 heterocycles. The highest BCUT2D eigenvalue weighted by Crippen LogP contribution is 2.30. The number of nitrogens with zero attached hydrogens (tertiary/aromatic N) is 2. The minimum atomic E-state index is -3.52. The molecule has 0 radical (unpaired) electrons. The molecule has 0 amide bonds. The van der Waals surface area contributed by atoms with Gasteiger partial charge in [0.2, 0.25) is 0 Å². The first-order chi connectivity index (χ1) is 13.5. The van der Waals surface area contributed by atoms with Crippen molar-refractivity contribution >= 4 is 33.2 Å². The summed E-state index contributed by atoms with van der Waals surface area (Å²) in [6.07, 6.45) is 0. The lowest BCUT2D eigenvalue weighted by Gasteiger charge is -2.19. The summed E-state index contributed by atoms with van der Waals surface area (Å²) in [5.74, 6) is 0.358. The highest BCUT2D eigenvalue weighted by molar-refractivity contribution is 7.99. The van der Waals surface area contributed by atoms with Gasteiger partial charge in [-0.1, -0.05) is 56.3 Å². The molecule has 0 aliphatic heterocycles. The van der Waals surface area contributed by atoms with Crippen LogP contribution in [0.4, 0.5) is 0 Å². The van der Waals surface area contributed by atoms with Gasteiger partial charge in [0.25, 0.3) is 0 Å². The van der Waals surface area contributed by atoms with E-state index in [1.54, 1.807) is 25.1 Å². The molecule has 0 bridgehead atoms. The molecule has 0 spiro atoms. The van der Waals surface area contributed by atoms with Crippen LogP contribution in [0.2, 0.25) is 5.02 Å². The minimum absolute atomic E-state index is 0.0951. The van der Waals surface area contributed by atoms with E-state index in [0.29, 0.717) is 16.5 Å². The molecular formula is C22H23ClN2O2S2. The highest BCUT2D eigenvalue weighted by atomic mass is 35.5. The second-order valence-corrected chi connectivity index (χ2v) is 11.4. The lowest BCUT2D eigenvalue weighted by atomic mass is 9.87. The average molecular weight is 447 g/mol. The van der Waals surface area contributed by atoms with Gasteiger partial charge in [0, 0.05) is 9.92 Å². The van der Waals surface area contributed by atoms with Gasteiger partial charge >= 0.3 is 0 Å². The van der Waals surface area contributed by atoms with Gasteiger partial charge in [0.1, 0.15) is 10.9 Å². The predicted molar refractivity (Wildman–Crippen MR) is 118 cm³/mol. The fourth-order valence-corrected chi connectivity index (χ4v) is 5.06. The molecule has 0 aliphatic rings. The van der Waals surface area contributed by atoms with Crippen LogP contribution in [0, 0.1) is 6.92 Å². The number of benzene rings is 2. The molecule has 3 rings (SSSR count). The van der Waals surface area contributed by atoms with Crippen LogP contribution in [-0.2, 0) is 21.0 Å². The fraction of sp³-hybridized carbons (Fsp3) is 0.273. The quantitative estimate of drug-likeness (QED) is 0.459. The Labute approximate surface area is 181 Å². The molecule has 0 fully saturated rings. The van der Waals surface area contributed by atoms with E-state index in [1.165, 1.54) is 29.5 Å². The normalized spacial score (nSPS) is 12.2. The third kappa shape index (κ3) is 5.81. The van der Waals surface area contributed by atoms with Gasteiger partial charge in [0.15, 0.2) is 9.84 Å². The summed E-state index contributed by atoms with van der Waals surface area (Å²) < 4.78 is 25.4. The highest BCUT2D eigenvalue weighted by Gasteiger charge is 2.18. The van der Waals surface area contributed by atoms with Crippen LogP contribution in [0.1, 0.15) is 37.9 Å². The number of hydrogen-bond acceptors (Lipinski definition) is 5. The Morgan fingerprint density at radius 1 is 0.966 bits per heavy atom. The summed E-state index contributed by atoms with van der Waals surface area (Å²) in [6, 6.07) is 16.3. The van der Waals surface area contributed by atoms with Gasteiger partial charge in [-0.05, 0) is 60.4 Å². The molecule has 0 saturated heterocycles. The van der Waals surface area contributed by atoms with E-state index in [-0.39, 0.29) is 16.1 Å². The van der Waals surface area contributed by atoms with Crippen molar-refractivity contribution in [2.45, 2.75) is 53.7 Å². The first-order valence-corrected chi connectivity index (χ1v) is 12.0. The predicted octanol–water partition coefficient (Wildman–Crippen LogP) is 5.86. The van der Waals surface area contributed by atoms with Crippen molar-refractivity contribution in [3.05, 3.63) is 76.7 Å². The molecule has 3 aromatic rings. The maximum absolute atomic E-state index is 12.7. The lowest BCUT2D eigenvalue weighted by Crippen LogP contribution is -2.10. The van der Waals surface area contributed by atoms with Gasteiger partial charge < -0.3 is 0 Å². The maximum Gasteiger partial charge on any atom is 0.184 e. The molecule has 0 unspecified atom stereocenters. The molecule has 0 N–H and O–H groups in total. The van der Waals surface area contributed by atoms with E-state index in [2.05, 4.69) is 55.0 Å². The number of hydrogen-bond donors (Lipinski definition) is 0. The van der Waals surface area contributed by atoms with Gasteiger partial charge in [-0.25, -0.2) is 18.4 Å². The average Bonchev–Trinajstić information content (AvgIpc) is 2.61. The minimum Gasteiger partial charge on any atom is -0.237 e. The van der Waals surface area contributed by atoms with Gasteiger partial charge in [-0.15, -0.1) is 0 Å². The van der Waals surface area contributed by atoms with Crippen molar-refractivity contribution in [3.63, 3.8) is 0 Å². The van der Waals surface area contributed by atoms with E-state index < -0.39 is 9.84 Å². The first kappa shape index (κ1) is 21.8. The zero-order valence-electron chi connectivity index (χ0n) is 16.8. The molecule has 0 atom stereocenters. The van der Waals surface area contributed by atoms with Gasteiger partial charge in [0.05, 0.1) is 16.3 Å². The van der Waals surface area contributed by atoms with E-state index in [9.17, 15) is 8.42 Å². The zero-order valence-corrected chi connectivity index (χ0v) is 19.2. The van der Waals surface area contributed by atoms with Crippen LogP contribution in [0.3, 0.4) is 0 Å². The van der Waals surface area contributed by atoms with Crippen molar-refractivity contribution < 1.29 is 8.42 Å². The van der Waals surface area contributed by atoms with Crippen LogP contribution in [0.5, 0.6) is 0 Å². The summed E-state index contributed by atoms with van der Waals surface area (Å²) in [6.45, 7) is 8.30. The largest absolute Gasteiger partial charge is 0.237 e. The van der Waals surface area contributed by atoms with Gasteiger partial charge in [-0.2, -0.15) is 0 Å². The Hall–Kier alpha value is -1.89. The Morgan fingerprint density at radius 3 is 2.17 bits per heavy atom. The van der Waals surface area contributed by atoms with Crippen LogP contribution in [0.25, 0.3) is 0 Å². The molecule has 2 aromatic carbocycles. The Bertz CT molecular complexity index is 1110.